The van der Waals surface area contributed by atoms with Gasteiger partial charge < -0.3 is 5.11 Å². The van der Waals surface area contributed by atoms with Crippen molar-refractivity contribution in [2.24, 2.45) is 0 Å². The molecular weight excluding hydrogens is 256 g/mol. The molecule has 0 amide bonds. The Hall–Kier alpha value is -1.60. The maximum Gasteiger partial charge on any atom is 0.104 e. The minimum Gasteiger partial charge on any atom is -0.384 e. The summed E-state index contributed by atoms with van der Waals surface area (Å²) in [6.45, 7) is 6.57. The Morgan fingerprint density at radius 2 is 1.29 bits per heavy atom. The summed E-state index contributed by atoms with van der Waals surface area (Å²) < 4.78 is 0. The van der Waals surface area contributed by atoms with Gasteiger partial charge in [0.25, 0.3) is 0 Å². The van der Waals surface area contributed by atoms with E-state index < -0.39 is 6.10 Å². The molecule has 0 saturated carbocycles. The van der Waals surface area contributed by atoms with Crippen LogP contribution < -0.4 is 0 Å². The van der Waals surface area contributed by atoms with E-state index in [0.29, 0.717) is 5.92 Å². The van der Waals surface area contributed by atoms with Crippen molar-refractivity contribution in [1.82, 2.24) is 0 Å². The van der Waals surface area contributed by atoms with Crippen LogP contribution in [0.15, 0.2) is 48.5 Å². The van der Waals surface area contributed by atoms with Crippen LogP contribution in [-0.2, 0) is 6.42 Å². The lowest BCUT2D eigenvalue weighted by Gasteiger charge is -2.14. The van der Waals surface area contributed by atoms with Gasteiger partial charge in [0.1, 0.15) is 6.10 Å². The Balaban J connectivity index is 2.10. The molecule has 1 atom stereocenters. The van der Waals surface area contributed by atoms with Crippen LogP contribution in [0.4, 0.5) is 0 Å². The number of benzene rings is 2. The molecule has 2 aromatic carbocycles. The van der Waals surface area contributed by atoms with E-state index in [-0.39, 0.29) is 0 Å². The third-order valence-corrected chi connectivity index (χ3v) is 4.03. The van der Waals surface area contributed by atoms with E-state index in [2.05, 4.69) is 45.0 Å². The second kappa shape index (κ2) is 7.42. The molecule has 1 unspecified atom stereocenters. The molecule has 2 rings (SSSR count). The van der Waals surface area contributed by atoms with Crippen LogP contribution in [-0.4, -0.2) is 5.11 Å². The summed E-state index contributed by atoms with van der Waals surface area (Å²) in [6.07, 6.45) is 3.02. The Labute approximate surface area is 128 Å². The fourth-order valence-corrected chi connectivity index (χ4v) is 2.50. The van der Waals surface area contributed by atoms with E-state index in [4.69, 9.17) is 0 Å². The molecule has 0 spiro atoms. The number of aryl methyl sites for hydroxylation is 1. The quantitative estimate of drug-likeness (QED) is 0.768. The molecule has 0 saturated heterocycles. The highest BCUT2D eigenvalue weighted by molar-refractivity contribution is 5.34. The van der Waals surface area contributed by atoms with Crippen LogP contribution in [0.2, 0.25) is 0 Å². The zero-order valence-corrected chi connectivity index (χ0v) is 13.3. The average Bonchev–Trinajstić information content (AvgIpc) is 2.53. The zero-order valence-electron chi connectivity index (χ0n) is 13.3. The highest BCUT2D eigenvalue weighted by Crippen LogP contribution is 2.24. The van der Waals surface area contributed by atoms with Crippen LogP contribution in [0, 0.1) is 0 Å². The minimum atomic E-state index is -0.536. The largest absolute Gasteiger partial charge is 0.384 e. The first-order chi connectivity index (χ1) is 10.1. The van der Waals surface area contributed by atoms with Gasteiger partial charge in [-0.1, -0.05) is 75.7 Å². The normalized spacial score (nSPS) is 12.6. The third kappa shape index (κ3) is 4.18. The highest BCUT2D eigenvalue weighted by atomic mass is 16.3. The van der Waals surface area contributed by atoms with Gasteiger partial charge in [0.05, 0.1) is 0 Å². The number of hydrogen-bond acceptors (Lipinski definition) is 1. The molecule has 1 heteroatoms. The fourth-order valence-electron chi connectivity index (χ4n) is 2.50. The van der Waals surface area contributed by atoms with Crippen molar-refractivity contribution in [1.29, 1.82) is 0 Å². The molecule has 1 N–H and O–H groups in total. The van der Waals surface area contributed by atoms with Crippen molar-refractivity contribution in [3.63, 3.8) is 0 Å². The lowest BCUT2D eigenvalue weighted by molar-refractivity contribution is 0.220. The van der Waals surface area contributed by atoms with Crippen molar-refractivity contribution in [2.75, 3.05) is 0 Å². The molecule has 0 aromatic heterocycles. The van der Waals surface area contributed by atoms with Gasteiger partial charge in [-0.05, 0) is 41.0 Å². The first-order valence-electron chi connectivity index (χ1n) is 7.98. The van der Waals surface area contributed by atoms with Crippen LogP contribution >= 0.6 is 0 Å². The third-order valence-electron chi connectivity index (χ3n) is 4.03. The second-order valence-corrected chi connectivity index (χ2v) is 6.07. The SMILES string of the molecule is CCCCc1ccc(C(O)c2ccc(C(C)C)cc2)cc1. The number of rotatable bonds is 6. The summed E-state index contributed by atoms with van der Waals surface area (Å²) in [6, 6.07) is 16.7. The molecule has 112 valence electrons. The van der Waals surface area contributed by atoms with Gasteiger partial charge in [-0.2, -0.15) is 0 Å². The summed E-state index contributed by atoms with van der Waals surface area (Å²) >= 11 is 0. The standard InChI is InChI=1S/C20H26O/c1-4-5-6-16-7-9-18(10-8-16)20(21)19-13-11-17(12-14-19)15(2)3/h7-15,20-21H,4-6H2,1-3H3. The second-order valence-electron chi connectivity index (χ2n) is 6.07. The van der Waals surface area contributed by atoms with Crippen molar-refractivity contribution in [3.8, 4) is 0 Å². The predicted octanol–water partition coefficient (Wildman–Crippen LogP) is 5.23. The summed E-state index contributed by atoms with van der Waals surface area (Å²) in [5.74, 6) is 0.522. The van der Waals surface area contributed by atoms with Gasteiger partial charge in [-0.3, -0.25) is 0 Å². The van der Waals surface area contributed by atoms with Crippen molar-refractivity contribution < 1.29 is 5.11 Å². The van der Waals surface area contributed by atoms with Gasteiger partial charge in [-0.25, -0.2) is 0 Å². The van der Waals surface area contributed by atoms with Crippen molar-refractivity contribution in [3.05, 3.63) is 70.8 Å². The van der Waals surface area contributed by atoms with E-state index in [1.807, 2.05) is 24.3 Å². The summed E-state index contributed by atoms with van der Waals surface area (Å²) in [7, 11) is 0. The predicted molar refractivity (Wildman–Crippen MR) is 89.6 cm³/mol. The molecule has 0 aliphatic heterocycles. The van der Waals surface area contributed by atoms with Gasteiger partial charge >= 0.3 is 0 Å². The lowest BCUT2D eigenvalue weighted by Crippen LogP contribution is -2.00. The van der Waals surface area contributed by atoms with Crippen LogP contribution in [0.5, 0.6) is 0 Å². The van der Waals surface area contributed by atoms with Crippen molar-refractivity contribution >= 4 is 0 Å². The molecule has 0 fully saturated rings. The van der Waals surface area contributed by atoms with E-state index in [0.717, 1.165) is 17.5 Å². The number of hydrogen-bond donors (Lipinski definition) is 1. The topological polar surface area (TPSA) is 20.2 Å². The van der Waals surface area contributed by atoms with E-state index in [1.54, 1.807) is 0 Å². The molecule has 2 aromatic rings. The van der Waals surface area contributed by atoms with Crippen LogP contribution in [0.1, 0.15) is 67.9 Å². The molecule has 21 heavy (non-hydrogen) atoms. The average molecular weight is 282 g/mol. The van der Waals surface area contributed by atoms with Gasteiger partial charge in [0.2, 0.25) is 0 Å². The Kier molecular flexibility index (Phi) is 5.58. The van der Waals surface area contributed by atoms with Gasteiger partial charge in [-0.15, -0.1) is 0 Å². The summed E-state index contributed by atoms with van der Waals surface area (Å²) in [5, 5.41) is 10.5. The number of unbranched alkanes of at least 4 members (excludes halogenated alkanes) is 1. The van der Waals surface area contributed by atoms with Gasteiger partial charge in [0.15, 0.2) is 0 Å². The fraction of sp³-hybridized carbons (Fsp3) is 0.400. The maximum absolute atomic E-state index is 10.5. The Morgan fingerprint density at radius 1 is 0.810 bits per heavy atom. The van der Waals surface area contributed by atoms with E-state index in [1.165, 1.54) is 24.0 Å². The highest BCUT2D eigenvalue weighted by Gasteiger charge is 2.10. The van der Waals surface area contributed by atoms with E-state index in [9.17, 15) is 5.11 Å². The van der Waals surface area contributed by atoms with Gasteiger partial charge in [0, 0.05) is 0 Å². The van der Waals surface area contributed by atoms with Crippen LogP contribution in [0.3, 0.4) is 0 Å². The summed E-state index contributed by atoms with van der Waals surface area (Å²) in [4.78, 5) is 0. The summed E-state index contributed by atoms with van der Waals surface area (Å²) in [5.41, 5.74) is 4.58. The molecular formula is C20H26O. The smallest absolute Gasteiger partial charge is 0.104 e. The first kappa shape index (κ1) is 15.8. The molecule has 1 nitrogen and oxygen atoms in total. The maximum atomic E-state index is 10.5. The molecule has 0 heterocycles. The lowest BCUT2D eigenvalue weighted by atomic mass is 9.96. The molecule has 0 aliphatic rings. The molecule has 0 bridgehead atoms. The minimum absolute atomic E-state index is 0.522. The molecule has 0 aliphatic carbocycles. The zero-order chi connectivity index (χ0) is 15.2. The number of aliphatic hydroxyl groups excluding tert-OH is 1. The monoisotopic (exact) mass is 282 g/mol. The van der Waals surface area contributed by atoms with E-state index >= 15 is 0 Å². The molecule has 0 radical (unpaired) electrons. The first-order valence-corrected chi connectivity index (χ1v) is 7.98. The van der Waals surface area contributed by atoms with Crippen LogP contribution in [0.25, 0.3) is 0 Å². The number of aliphatic hydroxyl groups is 1. The van der Waals surface area contributed by atoms with Crippen molar-refractivity contribution in [2.45, 2.75) is 52.1 Å². The Morgan fingerprint density at radius 3 is 1.76 bits per heavy atom. The Bertz CT molecular complexity index is 537.